The average Bonchev–Trinajstić information content (AvgIpc) is 3.22. The topological polar surface area (TPSA) is 81.9 Å². The zero-order valence-corrected chi connectivity index (χ0v) is 20.7. The summed E-state index contributed by atoms with van der Waals surface area (Å²) < 4.78 is 12.9. The summed E-state index contributed by atoms with van der Waals surface area (Å²) in [5.74, 6) is -0.267. The molecular weight excluding hydrogens is 478 g/mol. The van der Waals surface area contributed by atoms with Crippen molar-refractivity contribution >= 4 is 29.7 Å². The van der Waals surface area contributed by atoms with Crippen LogP contribution in [0.4, 0.5) is 0 Å². The van der Waals surface area contributed by atoms with Crippen molar-refractivity contribution in [2.24, 2.45) is 5.10 Å². The normalized spacial score (nSPS) is 10.9. The third-order valence-electron chi connectivity index (χ3n) is 5.51. The van der Waals surface area contributed by atoms with Gasteiger partial charge in [0.2, 0.25) is 0 Å². The van der Waals surface area contributed by atoms with E-state index in [1.165, 1.54) is 13.3 Å². The molecule has 1 aromatic heterocycles. The van der Waals surface area contributed by atoms with Gasteiger partial charge in [0.25, 0.3) is 5.91 Å². The molecule has 8 heteroatoms. The molecule has 182 valence electrons. The molecule has 0 spiro atoms. The lowest BCUT2D eigenvalue weighted by Crippen LogP contribution is -2.17. The Morgan fingerprint density at radius 1 is 0.861 bits per heavy atom. The maximum absolute atomic E-state index is 12.5. The minimum absolute atomic E-state index is 0.256. The number of ether oxygens (including phenoxy) is 2. The lowest BCUT2D eigenvalue weighted by atomic mass is 10.2. The van der Waals surface area contributed by atoms with Gasteiger partial charge < -0.3 is 14.0 Å². The number of nitrogens with zero attached hydrogens (tertiary/aromatic N) is 2. The van der Waals surface area contributed by atoms with Crippen molar-refractivity contribution in [2.45, 2.75) is 13.8 Å². The van der Waals surface area contributed by atoms with E-state index in [4.69, 9.17) is 21.1 Å². The van der Waals surface area contributed by atoms with Gasteiger partial charge in [0, 0.05) is 27.7 Å². The van der Waals surface area contributed by atoms with Gasteiger partial charge in [-0.2, -0.15) is 5.10 Å². The number of aromatic nitrogens is 1. The first-order valence-corrected chi connectivity index (χ1v) is 11.5. The summed E-state index contributed by atoms with van der Waals surface area (Å²) in [4.78, 5) is 24.9. The number of nitrogens with one attached hydrogen (secondary N) is 1. The number of rotatable bonds is 7. The third-order valence-corrected chi connectivity index (χ3v) is 5.76. The van der Waals surface area contributed by atoms with Crippen LogP contribution in [-0.4, -0.2) is 29.8 Å². The van der Waals surface area contributed by atoms with Crippen LogP contribution in [0.2, 0.25) is 5.02 Å². The fourth-order valence-electron chi connectivity index (χ4n) is 3.66. The molecule has 1 heterocycles. The van der Waals surface area contributed by atoms with Gasteiger partial charge in [-0.15, -0.1) is 0 Å². The predicted octanol–water partition coefficient (Wildman–Crippen LogP) is 5.74. The van der Waals surface area contributed by atoms with Crippen molar-refractivity contribution in [1.29, 1.82) is 0 Å². The van der Waals surface area contributed by atoms with E-state index < -0.39 is 5.97 Å². The Balaban J connectivity index is 1.39. The first kappa shape index (κ1) is 24.8. The summed E-state index contributed by atoms with van der Waals surface area (Å²) >= 11 is 5.86. The Labute approximate surface area is 213 Å². The molecule has 0 saturated heterocycles. The molecule has 0 aliphatic rings. The first-order valence-electron chi connectivity index (χ1n) is 11.1. The van der Waals surface area contributed by atoms with E-state index in [1.807, 2.05) is 26.0 Å². The van der Waals surface area contributed by atoms with Gasteiger partial charge in [0.1, 0.15) is 0 Å². The van der Waals surface area contributed by atoms with E-state index in [9.17, 15) is 9.59 Å². The van der Waals surface area contributed by atoms with Gasteiger partial charge in [-0.1, -0.05) is 11.6 Å². The molecule has 3 aromatic carbocycles. The van der Waals surface area contributed by atoms with Crippen molar-refractivity contribution in [3.63, 3.8) is 0 Å². The highest BCUT2D eigenvalue weighted by Crippen LogP contribution is 2.28. The largest absolute Gasteiger partial charge is 0.493 e. The maximum Gasteiger partial charge on any atom is 0.343 e. The number of benzene rings is 3. The van der Waals surface area contributed by atoms with E-state index in [0.717, 1.165) is 17.1 Å². The summed E-state index contributed by atoms with van der Waals surface area (Å²) in [5, 5.41) is 4.56. The molecule has 4 rings (SSSR count). The quantitative estimate of drug-likeness (QED) is 0.151. The van der Waals surface area contributed by atoms with Crippen LogP contribution in [0.1, 0.15) is 37.7 Å². The molecule has 7 nitrogen and oxygen atoms in total. The number of hydrogen-bond donors (Lipinski definition) is 1. The number of esters is 1. The minimum Gasteiger partial charge on any atom is -0.493 e. The summed E-state index contributed by atoms with van der Waals surface area (Å²) in [6.07, 6.45) is 1.48. The number of aryl methyl sites for hydroxylation is 2. The Bertz CT molecular complexity index is 1400. The molecule has 0 aliphatic heterocycles. The minimum atomic E-state index is -0.535. The lowest BCUT2D eigenvalue weighted by molar-refractivity contribution is 0.0729. The van der Waals surface area contributed by atoms with Crippen LogP contribution in [-0.2, 0) is 0 Å². The number of hydrogen-bond acceptors (Lipinski definition) is 5. The molecular formula is C28H24ClN3O4. The van der Waals surface area contributed by atoms with Crippen LogP contribution in [0.3, 0.4) is 0 Å². The number of carbonyl (C=O) groups excluding carboxylic acids is 2. The number of hydrazone groups is 1. The average molecular weight is 502 g/mol. The number of methoxy groups -OCH3 is 1. The Morgan fingerprint density at radius 2 is 1.50 bits per heavy atom. The van der Waals surface area contributed by atoms with Crippen LogP contribution in [0.25, 0.3) is 5.69 Å². The molecule has 1 N–H and O–H groups in total. The van der Waals surface area contributed by atoms with Gasteiger partial charge in [-0.3, -0.25) is 4.79 Å². The van der Waals surface area contributed by atoms with Crippen molar-refractivity contribution in [2.75, 3.05) is 7.11 Å². The van der Waals surface area contributed by atoms with Crippen molar-refractivity contribution < 1.29 is 19.1 Å². The van der Waals surface area contributed by atoms with E-state index in [0.29, 0.717) is 27.5 Å². The fourth-order valence-corrected chi connectivity index (χ4v) is 3.79. The fraction of sp³-hybridized carbons (Fsp3) is 0.107. The predicted molar refractivity (Wildman–Crippen MR) is 140 cm³/mol. The highest BCUT2D eigenvalue weighted by molar-refractivity contribution is 6.30. The van der Waals surface area contributed by atoms with E-state index in [1.54, 1.807) is 54.6 Å². The van der Waals surface area contributed by atoms with Gasteiger partial charge in [0.15, 0.2) is 11.5 Å². The number of amides is 1. The molecule has 0 atom stereocenters. The molecule has 0 aliphatic carbocycles. The summed E-state index contributed by atoms with van der Waals surface area (Å²) in [5.41, 5.74) is 7.24. The summed E-state index contributed by atoms with van der Waals surface area (Å²) in [6, 6.07) is 22.7. The van der Waals surface area contributed by atoms with Crippen LogP contribution >= 0.6 is 11.6 Å². The highest BCUT2D eigenvalue weighted by Gasteiger charge is 2.13. The Morgan fingerprint density at radius 3 is 2.14 bits per heavy atom. The number of halogens is 1. The molecule has 1 amide bonds. The Hall–Kier alpha value is -4.36. The second kappa shape index (κ2) is 10.9. The van der Waals surface area contributed by atoms with Crippen molar-refractivity contribution in [3.05, 3.63) is 112 Å². The molecule has 4 aromatic rings. The monoisotopic (exact) mass is 501 g/mol. The molecule has 0 radical (unpaired) electrons. The van der Waals surface area contributed by atoms with Crippen LogP contribution in [0, 0.1) is 13.8 Å². The Kier molecular flexibility index (Phi) is 7.51. The van der Waals surface area contributed by atoms with Crippen LogP contribution in [0.15, 0.2) is 84.0 Å². The SMILES string of the molecule is COc1cc(/C=N/NC(=O)c2ccc(-n3c(C)ccc3C)cc2)ccc1OC(=O)c1ccc(Cl)cc1. The molecule has 0 bridgehead atoms. The van der Waals surface area contributed by atoms with Crippen LogP contribution in [0.5, 0.6) is 11.5 Å². The molecule has 36 heavy (non-hydrogen) atoms. The summed E-state index contributed by atoms with van der Waals surface area (Å²) in [6.45, 7) is 4.07. The first-order chi connectivity index (χ1) is 17.4. The van der Waals surface area contributed by atoms with Crippen molar-refractivity contribution in [3.8, 4) is 17.2 Å². The molecule has 0 saturated carbocycles. The van der Waals surface area contributed by atoms with Gasteiger partial charge >= 0.3 is 5.97 Å². The standard InChI is InChI=1S/C28H24ClN3O4/c1-18-4-5-19(2)32(18)24-13-9-21(10-14-24)27(33)31-30-17-20-6-15-25(26(16-20)35-3)36-28(34)22-7-11-23(29)12-8-22/h4-17H,1-3H3,(H,31,33)/b30-17+. The second-order valence-corrected chi connectivity index (χ2v) is 8.44. The lowest BCUT2D eigenvalue weighted by Gasteiger charge is -2.10. The van der Waals surface area contributed by atoms with E-state index in [-0.39, 0.29) is 11.7 Å². The van der Waals surface area contributed by atoms with Crippen molar-refractivity contribution in [1.82, 2.24) is 9.99 Å². The van der Waals surface area contributed by atoms with Gasteiger partial charge in [0.05, 0.1) is 18.9 Å². The van der Waals surface area contributed by atoms with Crippen LogP contribution < -0.4 is 14.9 Å². The van der Waals surface area contributed by atoms with Gasteiger partial charge in [-0.05, 0) is 98.3 Å². The second-order valence-electron chi connectivity index (χ2n) is 8.00. The smallest absolute Gasteiger partial charge is 0.343 e. The molecule has 0 fully saturated rings. The maximum atomic E-state index is 12.5. The molecule has 0 unspecified atom stereocenters. The van der Waals surface area contributed by atoms with Gasteiger partial charge in [-0.25, -0.2) is 10.2 Å². The summed E-state index contributed by atoms with van der Waals surface area (Å²) in [7, 11) is 1.47. The third kappa shape index (κ3) is 5.64. The number of carbonyl (C=O) groups is 2. The van der Waals surface area contributed by atoms with E-state index in [2.05, 4.69) is 27.2 Å². The zero-order valence-electron chi connectivity index (χ0n) is 20.0. The van der Waals surface area contributed by atoms with E-state index >= 15 is 0 Å². The highest BCUT2D eigenvalue weighted by atomic mass is 35.5. The zero-order chi connectivity index (χ0) is 25.7.